The lowest BCUT2D eigenvalue weighted by Crippen LogP contribution is -2.41. The Hall–Kier alpha value is -0.0800. The zero-order valence-electron chi connectivity index (χ0n) is 6.79. The standard InChI is InChI=1S/C9H15NO/c11-9-5-3-7-1-2-8(4-6-9)10(7)9/h7-8,11H,1-6H2. The second-order valence-electron chi connectivity index (χ2n) is 4.35. The van der Waals surface area contributed by atoms with Gasteiger partial charge in [0.1, 0.15) is 5.72 Å². The summed E-state index contributed by atoms with van der Waals surface area (Å²) in [6, 6.07) is 1.49. The van der Waals surface area contributed by atoms with Gasteiger partial charge in [-0.3, -0.25) is 4.90 Å². The van der Waals surface area contributed by atoms with Crippen molar-refractivity contribution in [2.24, 2.45) is 0 Å². The fourth-order valence-electron chi connectivity index (χ4n) is 3.39. The van der Waals surface area contributed by atoms with Gasteiger partial charge in [0.25, 0.3) is 0 Å². The number of nitrogens with zero attached hydrogens (tertiary/aromatic N) is 1. The second kappa shape index (κ2) is 1.80. The molecule has 0 saturated carbocycles. The van der Waals surface area contributed by atoms with Crippen LogP contribution in [0.3, 0.4) is 0 Å². The molecule has 3 saturated heterocycles. The molecule has 2 atom stereocenters. The van der Waals surface area contributed by atoms with Gasteiger partial charge in [-0.15, -0.1) is 0 Å². The second-order valence-corrected chi connectivity index (χ2v) is 4.35. The Labute approximate surface area is 67.2 Å². The molecule has 0 aromatic rings. The average molecular weight is 153 g/mol. The Morgan fingerprint density at radius 1 is 1.00 bits per heavy atom. The van der Waals surface area contributed by atoms with Crippen molar-refractivity contribution in [3.8, 4) is 0 Å². The predicted octanol–water partition coefficient (Wildman–Crippen LogP) is 1.10. The first kappa shape index (κ1) is 6.44. The summed E-state index contributed by atoms with van der Waals surface area (Å²) in [5.41, 5.74) is -0.355. The van der Waals surface area contributed by atoms with E-state index in [2.05, 4.69) is 4.90 Å². The van der Waals surface area contributed by atoms with E-state index in [-0.39, 0.29) is 5.72 Å². The summed E-state index contributed by atoms with van der Waals surface area (Å²) in [6.45, 7) is 0. The van der Waals surface area contributed by atoms with Crippen LogP contribution in [0.2, 0.25) is 0 Å². The van der Waals surface area contributed by atoms with E-state index in [0.717, 1.165) is 24.9 Å². The predicted molar refractivity (Wildman–Crippen MR) is 42.1 cm³/mol. The molecule has 0 aliphatic carbocycles. The molecule has 0 amide bonds. The Balaban J connectivity index is 2.00. The fraction of sp³-hybridized carbons (Fsp3) is 1.00. The van der Waals surface area contributed by atoms with Crippen molar-refractivity contribution in [1.29, 1.82) is 0 Å². The molecule has 0 radical (unpaired) electrons. The van der Waals surface area contributed by atoms with Crippen molar-refractivity contribution < 1.29 is 5.11 Å². The van der Waals surface area contributed by atoms with Crippen LogP contribution in [0.25, 0.3) is 0 Å². The molecule has 11 heavy (non-hydrogen) atoms. The van der Waals surface area contributed by atoms with Crippen LogP contribution in [-0.4, -0.2) is 27.8 Å². The normalized spacial score (nSPS) is 55.4. The van der Waals surface area contributed by atoms with Crippen molar-refractivity contribution in [2.45, 2.75) is 56.3 Å². The molecule has 3 fully saturated rings. The van der Waals surface area contributed by atoms with Crippen LogP contribution >= 0.6 is 0 Å². The highest BCUT2D eigenvalue weighted by Crippen LogP contribution is 2.50. The molecular formula is C9H15NO. The van der Waals surface area contributed by atoms with E-state index in [9.17, 15) is 5.11 Å². The van der Waals surface area contributed by atoms with Crippen LogP contribution in [0.1, 0.15) is 38.5 Å². The average Bonchev–Trinajstić information content (AvgIpc) is 2.54. The molecule has 0 aromatic heterocycles. The topological polar surface area (TPSA) is 23.5 Å². The summed E-state index contributed by atoms with van der Waals surface area (Å²) >= 11 is 0. The van der Waals surface area contributed by atoms with Crippen LogP contribution in [-0.2, 0) is 0 Å². The molecule has 0 spiro atoms. The third-order valence-electron chi connectivity index (χ3n) is 3.86. The van der Waals surface area contributed by atoms with E-state index in [4.69, 9.17) is 0 Å². The quantitative estimate of drug-likeness (QED) is 0.563. The Morgan fingerprint density at radius 2 is 1.55 bits per heavy atom. The Kier molecular flexibility index (Phi) is 1.06. The van der Waals surface area contributed by atoms with E-state index < -0.39 is 0 Å². The summed E-state index contributed by atoms with van der Waals surface area (Å²) in [5, 5.41) is 10.1. The number of rotatable bonds is 0. The summed E-state index contributed by atoms with van der Waals surface area (Å²) in [7, 11) is 0. The summed E-state index contributed by atoms with van der Waals surface area (Å²) < 4.78 is 0. The minimum atomic E-state index is -0.355. The third kappa shape index (κ3) is 0.651. The first-order valence-corrected chi connectivity index (χ1v) is 4.80. The minimum Gasteiger partial charge on any atom is -0.376 e. The third-order valence-corrected chi connectivity index (χ3v) is 3.86. The van der Waals surface area contributed by atoms with Gasteiger partial charge < -0.3 is 5.11 Å². The van der Waals surface area contributed by atoms with Crippen LogP contribution in [0.5, 0.6) is 0 Å². The highest BCUT2D eigenvalue weighted by molar-refractivity contribution is 5.05. The molecular weight excluding hydrogens is 138 g/mol. The summed E-state index contributed by atoms with van der Waals surface area (Å²) in [6.07, 6.45) is 7.24. The fourth-order valence-corrected chi connectivity index (χ4v) is 3.39. The van der Waals surface area contributed by atoms with Gasteiger partial charge in [0.15, 0.2) is 0 Å². The highest BCUT2D eigenvalue weighted by atomic mass is 16.3. The molecule has 1 N–H and O–H groups in total. The van der Waals surface area contributed by atoms with Gasteiger partial charge in [0.05, 0.1) is 0 Å². The summed E-state index contributed by atoms with van der Waals surface area (Å²) in [4.78, 5) is 2.41. The van der Waals surface area contributed by atoms with Gasteiger partial charge in [-0.2, -0.15) is 0 Å². The number of hydrogen-bond donors (Lipinski definition) is 1. The van der Waals surface area contributed by atoms with Gasteiger partial charge in [-0.25, -0.2) is 0 Å². The first-order valence-electron chi connectivity index (χ1n) is 4.80. The van der Waals surface area contributed by atoms with Crippen molar-refractivity contribution in [3.05, 3.63) is 0 Å². The van der Waals surface area contributed by atoms with Crippen LogP contribution in [0, 0.1) is 0 Å². The summed E-state index contributed by atoms with van der Waals surface area (Å²) in [5.74, 6) is 0. The maximum absolute atomic E-state index is 10.1. The van der Waals surface area contributed by atoms with Gasteiger partial charge in [0, 0.05) is 12.1 Å². The molecule has 2 nitrogen and oxygen atoms in total. The van der Waals surface area contributed by atoms with Crippen molar-refractivity contribution >= 4 is 0 Å². The lowest BCUT2D eigenvalue weighted by atomic mass is 10.1. The lowest BCUT2D eigenvalue weighted by molar-refractivity contribution is -0.0667. The molecule has 3 rings (SSSR count). The molecule has 2 unspecified atom stereocenters. The van der Waals surface area contributed by atoms with Gasteiger partial charge in [0.2, 0.25) is 0 Å². The number of aliphatic hydroxyl groups is 1. The molecule has 62 valence electrons. The van der Waals surface area contributed by atoms with Gasteiger partial charge in [-0.05, 0) is 38.5 Å². The van der Waals surface area contributed by atoms with Crippen molar-refractivity contribution in [3.63, 3.8) is 0 Å². The Morgan fingerprint density at radius 3 is 2.09 bits per heavy atom. The molecule has 3 heterocycles. The van der Waals surface area contributed by atoms with Crippen LogP contribution < -0.4 is 0 Å². The molecule has 0 bridgehead atoms. The molecule has 3 aliphatic rings. The molecule has 0 aromatic carbocycles. The lowest BCUT2D eigenvalue weighted by Gasteiger charge is -2.28. The monoisotopic (exact) mass is 153 g/mol. The zero-order chi connectivity index (χ0) is 7.47. The van der Waals surface area contributed by atoms with Crippen LogP contribution in [0.4, 0.5) is 0 Å². The first-order chi connectivity index (χ1) is 5.30. The van der Waals surface area contributed by atoms with E-state index in [1.807, 2.05) is 0 Å². The molecule has 2 heteroatoms. The van der Waals surface area contributed by atoms with E-state index in [1.54, 1.807) is 0 Å². The SMILES string of the molecule is OC12CCC3CCC(CC1)N32. The van der Waals surface area contributed by atoms with Crippen LogP contribution in [0.15, 0.2) is 0 Å². The van der Waals surface area contributed by atoms with E-state index in [0.29, 0.717) is 0 Å². The highest BCUT2D eigenvalue weighted by Gasteiger charge is 2.55. The van der Waals surface area contributed by atoms with Gasteiger partial charge in [-0.1, -0.05) is 0 Å². The van der Waals surface area contributed by atoms with E-state index in [1.165, 1.54) is 25.7 Å². The maximum atomic E-state index is 10.1. The molecule has 3 aliphatic heterocycles. The van der Waals surface area contributed by atoms with Crippen molar-refractivity contribution in [2.75, 3.05) is 0 Å². The van der Waals surface area contributed by atoms with Crippen molar-refractivity contribution in [1.82, 2.24) is 4.90 Å². The zero-order valence-corrected chi connectivity index (χ0v) is 6.79. The smallest absolute Gasteiger partial charge is 0.119 e. The largest absolute Gasteiger partial charge is 0.376 e. The Bertz CT molecular complexity index is 176. The van der Waals surface area contributed by atoms with Gasteiger partial charge >= 0.3 is 0 Å². The maximum Gasteiger partial charge on any atom is 0.119 e. The van der Waals surface area contributed by atoms with E-state index >= 15 is 0 Å². The minimum absolute atomic E-state index is 0.355. The number of hydrogen-bond acceptors (Lipinski definition) is 2.